The molecular weight excluding hydrogens is 224 g/mol. The van der Waals surface area contributed by atoms with Crippen molar-refractivity contribution in [1.29, 1.82) is 0 Å². The molecule has 1 aromatic rings. The van der Waals surface area contributed by atoms with Gasteiger partial charge in [-0.05, 0) is 56.0 Å². The molecule has 1 aliphatic rings. The Balaban J connectivity index is 2.03. The number of piperidine rings is 1. The highest BCUT2D eigenvalue weighted by Crippen LogP contribution is 2.25. The molecule has 1 saturated heterocycles. The fourth-order valence-corrected chi connectivity index (χ4v) is 2.64. The number of hydrogen-bond acceptors (Lipinski definition) is 3. The van der Waals surface area contributed by atoms with Gasteiger partial charge in [0.25, 0.3) is 0 Å². The molecule has 0 bridgehead atoms. The molecule has 0 amide bonds. The van der Waals surface area contributed by atoms with Crippen LogP contribution in [0.1, 0.15) is 24.0 Å². The van der Waals surface area contributed by atoms with Crippen molar-refractivity contribution < 1.29 is 5.11 Å². The maximum absolute atomic E-state index is 9.16. The van der Waals surface area contributed by atoms with Gasteiger partial charge in [-0.2, -0.15) is 0 Å². The van der Waals surface area contributed by atoms with Crippen LogP contribution in [0.4, 0.5) is 5.69 Å². The first-order valence-electron chi connectivity index (χ1n) is 6.84. The van der Waals surface area contributed by atoms with Gasteiger partial charge in [-0.25, -0.2) is 0 Å². The molecule has 3 nitrogen and oxygen atoms in total. The second kappa shape index (κ2) is 6.21. The Morgan fingerprint density at radius 1 is 1.33 bits per heavy atom. The number of hydrogen-bond donors (Lipinski definition) is 2. The summed E-state index contributed by atoms with van der Waals surface area (Å²) >= 11 is 0. The summed E-state index contributed by atoms with van der Waals surface area (Å²) in [6.45, 7) is 5.58. The van der Waals surface area contributed by atoms with E-state index in [0.29, 0.717) is 12.5 Å². The molecule has 2 rings (SSSR count). The van der Waals surface area contributed by atoms with Crippen molar-refractivity contribution >= 4 is 5.69 Å². The number of nitrogens with one attached hydrogen (secondary N) is 1. The van der Waals surface area contributed by atoms with Crippen LogP contribution < -0.4 is 10.2 Å². The molecule has 100 valence electrons. The predicted octanol–water partition coefficient (Wildman–Crippen LogP) is 1.92. The molecule has 0 unspecified atom stereocenters. The lowest BCUT2D eigenvalue weighted by molar-refractivity contribution is 0.203. The lowest BCUT2D eigenvalue weighted by atomic mass is 9.97. The quantitative estimate of drug-likeness (QED) is 0.854. The predicted molar refractivity (Wildman–Crippen MR) is 76.0 cm³/mol. The SMILES string of the molecule is CNCc1ccc(N2CCC(CO)CC2)cc1C. The summed E-state index contributed by atoms with van der Waals surface area (Å²) in [6, 6.07) is 6.73. The molecule has 2 N–H and O–H groups in total. The van der Waals surface area contributed by atoms with Crippen molar-refractivity contribution in [1.82, 2.24) is 5.32 Å². The van der Waals surface area contributed by atoms with E-state index in [-0.39, 0.29) is 0 Å². The highest BCUT2D eigenvalue weighted by molar-refractivity contribution is 5.51. The fourth-order valence-electron chi connectivity index (χ4n) is 2.64. The van der Waals surface area contributed by atoms with Gasteiger partial charge >= 0.3 is 0 Å². The summed E-state index contributed by atoms with van der Waals surface area (Å²) in [5, 5.41) is 12.4. The number of aryl methyl sites for hydroxylation is 1. The molecule has 0 aliphatic carbocycles. The van der Waals surface area contributed by atoms with Crippen molar-refractivity contribution in [2.45, 2.75) is 26.3 Å². The van der Waals surface area contributed by atoms with Crippen LogP contribution in [0.25, 0.3) is 0 Å². The Bertz CT molecular complexity index is 384. The second-order valence-corrected chi connectivity index (χ2v) is 5.25. The summed E-state index contributed by atoms with van der Waals surface area (Å²) in [4.78, 5) is 2.43. The lowest BCUT2D eigenvalue weighted by Crippen LogP contribution is -2.34. The Hall–Kier alpha value is -1.06. The van der Waals surface area contributed by atoms with Crippen LogP contribution in [0.5, 0.6) is 0 Å². The number of nitrogens with zero attached hydrogens (tertiary/aromatic N) is 1. The van der Waals surface area contributed by atoms with E-state index in [1.807, 2.05) is 7.05 Å². The van der Waals surface area contributed by atoms with Crippen molar-refractivity contribution in [3.8, 4) is 0 Å². The van der Waals surface area contributed by atoms with E-state index in [2.05, 4.69) is 35.3 Å². The normalized spacial score (nSPS) is 17.2. The molecule has 0 saturated carbocycles. The molecule has 0 radical (unpaired) electrons. The van der Waals surface area contributed by atoms with Crippen molar-refractivity contribution in [3.63, 3.8) is 0 Å². The van der Waals surface area contributed by atoms with Crippen LogP contribution in [0.2, 0.25) is 0 Å². The standard InChI is InChI=1S/C15H24N2O/c1-12-9-15(4-3-14(12)10-16-2)17-7-5-13(11-18)6-8-17/h3-4,9,13,16,18H,5-8,10-11H2,1-2H3. The summed E-state index contributed by atoms with van der Waals surface area (Å²) in [5.74, 6) is 0.505. The van der Waals surface area contributed by atoms with Gasteiger partial charge in [0.2, 0.25) is 0 Å². The maximum atomic E-state index is 9.16. The second-order valence-electron chi connectivity index (χ2n) is 5.25. The minimum atomic E-state index is 0.341. The van der Waals surface area contributed by atoms with Crippen LogP contribution in [0.3, 0.4) is 0 Å². The van der Waals surface area contributed by atoms with Crippen LogP contribution in [-0.2, 0) is 6.54 Å². The maximum Gasteiger partial charge on any atom is 0.0460 e. The number of rotatable bonds is 4. The summed E-state index contributed by atoms with van der Waals surface area (Å²) in [7, 11) is 1.98. The van der Waals surface area contributed by atoms with Gasteiger partial charge in [-0.15, -0.1) is 0 Å². The summed E-state index contributed by atoms with van der Waals surface area (Å²) in [6.07, 6.45) is 2.21. The van der Waals surface area contributed by atoms with Gasteiger partial charge in [0.1, 0.15) is 0 Å². The molecule has 0 aromatic heterocycles. The molecule has 0 spiro atoms. The van der Waals surface area contributed by atoms with Crippen LogP contribution in [0, 0.1) is 12.8 Å². The average molecular weight is 248 g/mol. The Morgan fingerprint density at radius 2 is 2.06 bits per heavy atom. The van der Waals surface area contributed by atoms with Gasteiger partial charge in [0, 0.05) is 31.9 Å². The summed E-state index contributed by atoms with van der Waals surface area (Å²) in [5.41, 5.74) is 4.04. The third kappa shape index (κ3) is 3.03. The first-order chi connectivity index (χ1) is 8.74. The number of aliphatic hydroxyl groups is 1. The zero-order valence-corrected chi connectivity index (χ0v) is 11.4. The van der Waals surface area contributed by atoms with E-state index in [1.165, 1.54) is 16.8 Å². The van der Waals surface area contributed by atoms with Crippen molar-refractivity contribution in [2.75, 3.05) is 31.6 Å². The Morgan fingerprint density at radius 3 is 2.61 bits per heavy atom. The zero-order chi connectivity index (χ0) is 13.0. The van der Waals surface area contributed by atoms with E-state index in [4.69, 9.17) is 5.11 Å². The molecule has 3 heteroatoms. The third-order valence-electron chi connectivity index (χ3n) is 3.93. The Kier molecular flexibility index (Phi) is 4.61. The monoisotopic (exact) mass is 248 g/mol. The molecule has 1 heterocycles. The highest BCUT2D eigenvalue weighted by Gasteiger charge is 2.18. The molecule has 1 aromatic carbocycles. The lowest BCUT2D eigenvalue weighted by Gasteiger charge is -2.33. The molecule has 1 aliphatic heterocycles. The third-order valence-corrected chi connectivity index (χ3v) is 3.93. The molecule has 18 heavy (non-hydrogen) atoms. The van der Waals surface area contributed by atoms with Crippen molar-refractivity contribution in [2.24, 2.45) is 5.92 Å². The van der Waals surface area contributed by atoms with Gasteiger partial charge in [0.05, 0.1) is 0 Å². The molecular formula is C15H24N2O. The number of benzene rings is 1. The fraction of sp³-hybridized carbons (Fsp3) is 0.600. The first kappa shape index (κ1) is 13.4. The van der Waals surface area contributed by atoms with Crippen molar-refractivity contribution in [3.05, 3.63) is 29.3 Å². The van der Waals surface area contributed by atoms with Crippen LogP contribution >= 0.6 is 0 Å². The van der Waals surface area contributed by atoms with Gasteiger partial charge in [-0.1, -0.05) is 6.07 Å². The van der Waals surface area contributed by atoms with E-state index < -0.39 is 0 Å². The smallest absolute Gasteiger partial charge is 0.0460 e. The Labute approximate surface area is 110 Å². The minimum absolute atomic E-state index is 0.341. The van der Waals surface area contributed by atoms with Gasteiger partial charge in [0.15, 0.2) is 0 Å². The highest BCUT2D eigenvalue weighted by atomic mass is 16.3. The van der Waals surface area contributed by atoms with Gasteiger partial charge in [-0.3, -0.25) is 0 Å². The largest absolute Gasteiger partial charge is 0.396 e. The topological polar surface area (TPSA) is 35.5 Å². The first-order valence-corrected chi connectivity index (χ1v) is 6.84. The molecule has 1 fully saturated rings. The average Bonchev–Trinajstić information content (AvgIpc) is 2.41. The van der Waals surface area contributed by atoms with Crippen LogP contribution in [-0.4, -0.2) is 31.9 Å². The molecule has 0 atom stereocenters. The summed E-state index contributed by atoms with van der Waals surface area (Å²) < 4.78 is 0. The number of aliphatic hydroxyl groups excluding tert-OH is 1. The van der Waals surface area contributed by atoms with Gasteiger partial charge < -0.3 is 15.3 Å². The van der Waals surface area contributed by atoms with E-state index in [9.17, 15) is 0 Å². The van der Waals surface area contributed by atoms with E-state index >= 15 is 0 Å². The van der Waals surface area contributed by atoms with E-state index in [1.54, 1.807) is 0 Å². The zero-order valence-electron chi connectivity index (χ0n) is 11.4. The van der Waals surface area contributed by atoms with E-state index in [0.717, 1.165) is 32.5 Å². The van der Waals surface area contributed by atoms with Crippen LogP contribution in [0.15, 0.2) is 18.2 Å². The number of anilines is 1. The minimum Gasteiger partial charge on any atom is -0.396 e.